The van der Waals surface area contributed by atoms with Crippen LogP contribution < -0.4 is 0 Å². The number of hydrogen-bond donors (Lipinski definition) is 0. The van der Waals surface area contributed by atoms with Gasteiger partial charge in [0.05, 0.1) is 12.3 Å². The number of nitrogens with zero attached hydrogens (tertiary/aromatic N) is 3. The topological polar surface area (TPSA) is 76.3 Å². The van der Waals surface area contributed by atoms with Crippen molar-refractivity contribution in [2.24, 2.45) is 0 Å². The lowest BCUT2D eigenvalue weighted by molar-refractivity contribution is 0.336. The van der Waals surface area contributed by atoms with E-state index in [0.717, 1.165) is 10.0 Å². The van der Waals surface area contributed by atoms with Crippen LogP contribution in [-0.2, 0) is 22.3 Å². The Morgan fingerprint density at radius 3 is 2.69 bits per heavy atom. The van der Waals surface area contributed by atoms with Crippen LogP contribution in [0.4, 0.5) is 0 Å². The molecule has 9 heteroatoms. The van der Waals surface area contributed by atoms with E-state index in [2.05, 4.69) is 26.1 Å². The van der Waals surface area contributed by atoms with E-state index in [1.165, 1.54) is 11.4 Å². The maximum Gasteiger partial charge on any atom is 0.242 e. The van der Waals surface area contributed by atoms with Crippen molar-refractivity contribution in [1.29, 1.82) is 0 Å². The Hall–Kier alpha value is -1.74. The second kappa shape index (κ2) is 7.87. The minimum atomic E-state index is -3.58. The summed E-state index contributed by atoms with van der Waals surface area (Å²) in [5.74, 6) is 0.416. The maximum atomic E-state index is 12.5. The minimum Gasteiger partial charge on any atom is -0.338 e. The lowest BCUT2D eigenvalue weighted by atomic mass is 10.2. The average molecular weight is 457 g/mol. The molecule has 0 N–H and O–H groups in total. The molecule has 0 radical (unpaired) electrons. The molecule has 3 aromatic rings. The van der Waals surface area contributed by atoms with E-state index in [0.29, 0.717) is 16.4 Å². The van der Waals surface area contributed by atoms with Crippen LogP contribution in [-0.4, -0.2) is 29.9 Å². The van der Waals surface area contributed by atoms with Crippen molar-refractivity contribution >= 4 is 37.6 Å². The Morgan fingerprint density at radius 1 is 1.19 bits per heavy atom. The minimum absolute atomic E-state index is 0.0201. The molecular weight excluding hydrogens is 442 g/mol. The zero-order valence-electron chi connectivity index (χ0n) is 13.8. The van der Waals surface area contributed by atoms with Gasteiger partial charge in [0.15, 0.2) is 0 Å². The summed E-state index contributed by atoms with van der Waals surface area (Å²) in [5.41, 5.74) is 1.32. The van der Waals surface area contributed by atoms with Gasteiger partial charge in [-0.05, 0) is 23.8 Å². The van der Waals surface area contributed by atoms with Gasteiger partial charge in [0.25, 0.3) is 0 Å². The van der Waals surface area contributed by atoms with Gasteiger partial charge in [-0.25, -0.2) is 8.42 Å². The molecule has 0 aliphatic heterocycles. The summed E-state index contributed by atoms with van der Waals surface area (Å²) in [7, 11) is -2.12. The highest BCUT2D eigenvalue weighted by Crippen LogP contribution is 2.22. The lowest BCUT2D eigenvalue weighted by Crippen LogP contribution is -2.28. The molecule has 0 saturated carbocycles. The molecule has 3 rings (SSSR count). The standard InChI is InChI=1S/C17H15BrClN3O3S/c1-22(26(23,24)11-13-5-2-3-8-15(13)19)10-16-20-17(21-25-16)12-6-4-7-14(18)9-12/h2-9H,10-11H2,1H3. The van der Waals surface area contributed by atoms with Crippen molar-refractivity contribution in [2.75, 3.05) is 7.05 Å². The van der Waals surface area contributed by atoms with Crippen LogP contribution in [0.3, 0.4) is 0 Å². The molecule has 6 nitrogen and oxygen atoms in total. The molecule has 0 saturated heterocycles. The first-order valence-corrected chi connectivity index (χ1v) is 10.4. The lowest BCUT2D eigenvalue weighted by Gasteiger charge is -2.15. The van der Waals surface area contributed by atoms with Crippen LogP contribution in [0.2, 0.25) is 5.02 Å². The summed E-state index contributed by atoms with van der Waals surface area (Å²) in [5, 5.41) is 4.33. The monoisotopic (exact) mass is 455 g/mol. The van der Waals surface area contributed by atoms with Crippen molar-refractivity contribution in [3.63, 3.8) is 0 Å². The Kier molecular flexibility index (Phi) is 5.76. The summed E-state index contributed by atoms with van der Waals surface area (Å²) in [4.78, 5) is 4.27. The average Bonchev–Trinajstić information content (AvgIpc) is 3.05. The maximum absolute atomic E-state index is 12.5. The first-order chi connectivity index (χ1) is 12.3. The van der Waals surface area contributed by atoms with E-state index in [4.69, 9.17) is 16.1 Å². The zero-order chi connectivity index (χ0) is 18.7. The highest BCUT2D eigenvalue weighted by Gasteiger charge is 2.22. The summed E-state index contributed by atoms with van der Waals surface area (Å²) >= 11 is 9.44. The fraction of sp³-hybridized carbons (Fsp3) is 0.176. The third-order valence-electron chi connectivity index (χ3n) is 3.68. The predicted molar refractivity (Wildman–Crippen MR) is 103 cm³/mol. The van der Waals surface area contributed by atoms with Crippen LogP contribution in [0.5, 0.6) is 0 Å². The van der Waals surface area contributed by atoms with Crippen molar-refractivity contribution in [2.45, 2.75) is 12.3 Å². The van der Waals surface area contributed by atoms with Crippen LogP contribution in [0.15, 0.2) is 57.5 Å². The van der Waals surface area contributed by atoms with Gasteiger partial charge in [-0.2, -0.15) is 9.29 Å². The molecule has 2 aromatic carbocycles. The highest BCUT2D eigenvalue weighted by atomic mass is 79.9. The molecular formula is C17H15BrClN3O3S. The predicted octanol–water partition coefficient (Wildman–Crippen LogP) is 4.11. The molecule has 26 heavy (non-hydrogen) atoms. The van der Waals surface area contributed by atoms with E-state index < -0.39 is 10.0 Å². The van der Waals surface area contributed by atoms with Crippen LogP contribution in [0.25, 0.3) is 11.4 Å². The largest absolute Gasteiger partial charge is 0.338 e. The van der Waals surface area contributed by atoms with E-state index in [1.807, 2.05) is 24.3 Å². The Labute approximate surface area is 165 Å². The van der Waals surface area contributed by atoms with E-state index in [9.17, 15) is 8.42 Å². The summed E-state index contributed by atoms with van der Waals surface area (Å²) < 4.78 is 32.4. The van der Waals surface area contributed by atoms with E-state index in [1.54, 1.807) is 24.3 Å². The smallest absolute Gasteiger partial charge is 0.242 e. The number of sulfonamides is 1. The van der Waals surface area contributed by atoms with E-state index >= 15 is 0 Å². The third-order valence-corrected chi connectivity index (χ3v) is 6.30. The van der Waals surface area contributed by atoms with Gasteiger partial charge in [-0.15, -0.1) is 0 Å². The number of hydrogen-bond acceptors (Lipinski definition) is 5. The SMILES string of the molecule is CN(Cc1nc(-c2cccc(Br)c2)no1)S(=O)(=O)Cc1ccccc1Cl. The van der Waals surface area contributed by atoms with Gasteiger partial charge in [0, 0.05) is 22.1 Å². The summed E-state index contributed by atoms with van der Waals surface area (Å²) in [6, 6.07) is 14.3. The zero-order valence-corrected chi connectivity index (χ0v) is 16.9. The molecule has 136 valence electrons. The summed E-state index contributed by atoms with van der Waals surface area (Å²) in [6.07, 6.45) is 0. The van der Waals surface area contributed by atoms with Crippen LogP contribution >= 0.6 is 27.5 Å². The summed E-state index contributed by atoms with van der Waals surface area (Å²) in [6.45, 7) is -0.0201. The Morgan fingerprint density at radius 2 is 1.96 bits per heavy atom. The van der Waals surface area contributed by atoms with E-state index in [-0.39, 0.29) is 18.2 Å². The van der Waals surface area contributed by atoms with Gasteiger partial charge in [-0.3, -0.25) is 0 Å². The number of halogens is 2. The van der Waals surface area contributed by atoms with Crippen LogP contribution in [0, 0.1) is 0 Å². The Bertz CT molecular complexity index is 1020. The van der Waals surface area contributed by atoms with Gasteiger partial charge in [-0.1, -0.05) is 63.0 Å². The van der Waals surface area contributed by atoms with Crippen LogP contribution in [0.1, 0.15) is 11.5 Å². The molecule has 0 bridgehead atoms. The second-order valence-electron chi connectivity index (χ2n) is 5.63. The van der Waals surface area contributed by atoms with Crippen molar-refractivity contribution in [1.82, 2.24) is 14.4 Å². The quantitative estimate of drug-likeness (QED) is 0.558. The second-order valence-corrected chi connectivity index (χ2v) is 9.02. The van der Waals surface area contributed by atoms with Gasteiger partial charge in [0.2, 0.25) is 21.7 Å². The normalized spacial score (nSPS) is 11.8. The van der Waals surface area contributed by atoms with Crippen molar-refractivity contribution < 1.29 is 12.9 Å². The molecule has 0 unspecified atom stereocenters. The highest BCUT2D eigenvalue weighted by molar-refractivity contribution is 9.10. The van der Waals surface area contributed by atoms with Gasteiger partial charge in [0.1, 0.15) is 0 Å². The fourth-order valence-electron chi connectivity index (χ4n) is 2.27. The van der Waals surface area contributed by atoms with Gasteiger partial charge < -0.3 is 4.52 Å². The Balaban J connectivity index is 1.73. The molecule has 1 heterocycles. The number of rotatable bonds is 6. The molecule has 0 fully saturated rings. The molecule has 0 spiro atoms. The molecule has 0 atom stereocenters. The third kappa shape index (κ3) is 4.50. The van der Waals surface area contributed by atoms with Crippen molar-refractivity contribution in [3.8, 4) is 11.4 Å². The fourth-order valence-corrected chi connectivity index (χ4v) is 4.13. The number of aromatic nitrogens is 2. The first kappa shape index (κ1) is 19.0. The first-order valence-electron chi connectivity index (χ1n) is 7.61. The van der Waals surface area contributed by atoms with Crippen molar-refractivity contribution in [3.05, 3.63) is 69.5 Å². The molecule has 0 aliphatic carbocycles. The molecule has 1 aromatic heterocycles. The molecule has 0 aliphatic rings. The van der Waals surface area contributed by atoms with Gasteiger partial charge >= 0.3 is 0 Å². The number of benzene rings is 2. The molecule has 0 amide bonds.